The van der Waals surface area contributed by atoms with Gasteiger partial charge >= 0.3 is 0 Å². The average molecular weight is 166 g/mol. The first kappa shape index (κ1) is 11.5. The van der Waals surface area contributed by atoms with Crippen molar-refractivity contribution in [2.45, 2.75) is 48.0 Å². The van der Waals surface area contributed by atoms with Crippen LogP contribution in [0.1, 0.15) is 48.0 Å². The van der Waals surface area contributed by atoms with E-state index in [2.05, 4.69) is 48.1 Å². The van der Waals surface area contributed by atoms with Crippen LogP contribution in [-0.4, -0.2) is 0 Å². The minimum absolute atomic E-state index is 0.355. The van der Waals surface area contributed by atoms with E-state index in [1.165, 1.54) is 16.7 Å². The van der Waals surface area contributed by atoms with Gasteiger partial charge in [-0.2, -0.15) is 0 Å². The van der Waals surface area contributed by atoms with Gasteiger partial charge in [-0.3, -0.25) is 0 Å². The molecule has 0 bridgehead atoms. The second-order valence-electron chi connectivity index (χ2n) is 4.97. The zero-order valence-electron chi connectivity index (χ0n) is 9.41. The van der Waals surface area contributed by atoms with Crippen molar-refractivity contribution < 1.29 is 0 Å². The normalized spacial score (nSPS) is 11.2. The molecular formula is C12H22. The lowest BCUT2D eigenvalue weighted by Crippen LogP contribution is -2.06. The first-order valence-corrected chi connectivity index (χ1v) is 4.56. The Morgan fingerprint density at radius 3 is 1.75 bits per heavy atom. The molecule has 0 fully saturated rings. The standard InChI is InChI=1S/C12H22/c1-9(2)11(4)10(3)8-12(5,6)7/h3,8H2,1-2,4-7H3. The lowest BCUT2D eigenvalue weighted by molar-refractivity contribution is 0.412. The lowest BCUT2D eigenvalue weighted by Gasteiger charge is -2.20. The summed E-state index contributed by atoms with van der Waals surface area (Å²) in [7, 11) is 0. The zero-order chi connectivity index (χ0) is 9.94. The van der Waals surface area contributed by atoms with Crippen molar-refractivity contribution in [1.82, 2.24) is 0 Å². The molecule has 0 radical (unpaired) electrons. The maximum absolute atomic E-state index is 4.10. The van der Waals surface area contributed by atoms with E-state index in [0.717, 1.165) is 6.42 Å². The smallest absolute Gasteiger partial charge is 0.0233 e. The minimum atomic E-state index is 0.355. The van der Waals surface area contributed by atoms with Gasteiger partial charge in [0.15, 0.2) is 0 Å². The SMILES string of the molecule is C=C(CC(C)(C)C)C(C)=C(C)C. The molecule has 70 valence electrons. The molecule has 0 unspecified atom stereocenters. The van der Waals surface area contributed by atoms with Crippen LogP contribution in [0, 0.1) is 5.41 Å². The van der Waals surface area contributed by atoms with Crippen molar-refractivity contribution in [3.63, 3.8) is 0 Å². The molecule has 0 atom stereocenters. The Morgan fingerprint density at radius 2 is 1.50 bits per heavy atom. The van der Waals surface area contributed by atoms with E-state index in [1.54, 1.807) is 0 Å². The van der Waals surface area contributed by atoms with Crippen LogP contribution in [0.5, 0.6) is 0 Å². The maximum Gasteiger partial charge on any atom is -0.0233 e. The molecule has 0 spiro atoms. The summed E-state index contributed by atoms with van der Waals surface area (Å²) in [5, 5.41) is 0. The summed E-state index contributed by atoms with van der Waals surface area (Å²) in [6.45, 7) is 17.3. The van der Waals surface area contributed by atoms with Gasteiger partial charge in [0.25, 0.3) is 0 Å². The highest BCUT2D eigenvalue weighted by Crippen LogP contribution is 2.27. The molecule has 0 heteroatoms. The van der Waals surface area contributed by atoms with Crippen LogP contribution in [0.3, 0.4) is 0 Å². The van der Waals surface area contributed by atoms with E-state index in [9.17, 15) is 0 Å². The summed E-state index contributed by atoms with van der Waals surface area (Å²) in [4.78, 5) is 0. The molecule has 0 aromatic heterocycles. The predicted octanol–water partition coefficient (Wildman–Crippen LogP) is 4.34. The summed E-state index contributed by atoms with van der Waals surface area (Å²) >= 11 is 0. The number of hydrogen-bond donors (Lipinski definition) is 0. The molecule has 0 heterocycles. The topological polar surface area (TPSA) is 0 Å². The fourth-order valence-corrected chi connectivity index (χ4v) is 1.13. The molecular weight excluding hydrogens is 144 g/mol. The van der Waals surface area contributed by atoms with E-state index in [0.29, 0.717) is 5.41 Å². The minimum Gasteiger partial charge on any atom is -0.0955 e. The summed E-state index contributed by atoms with van der Waals surface area (Å²) < 4.78 is 0. The Kier molecular flexibility index (Phi) is 3.76. The number of allylic oxidation sites excluding steroid dienone is 3. The van der Waals surface area contributed by atoms with E-state index >= 15 is 0 Å². The molecule has 0 rings (SSSR count). The average Bonchev–Trinajstić information content (AvgIpc) is 1.82. The molecule has 0 nitrogen and oxygen atoms in total. The van der Waals surface area contributed by atoms with Gasteiger partial charge in [0.05, 0.1) is 0 Å². The lowest BCUT2D eigenvalue weighted by atomic mass is 9.85. The van der Waals surface area contributed by atoms with Crippen molar-refractivity contribution in [2.75, 3.05) is 0 Å². The van der Waals surface area contributed by atoms with Crippen LogP contribution in [0.2, 0.25) is 0 Å². The summed E-state index contributed by atoms with van der Waals surface area (Å²) in [5.41, 5.74) is 4.38. The van der Waals surface area contributed by atoms with Crippen molar-refractivity contribution >= 4 is 0 Å². The summed E-state index contributed by atoms with van der Waals surface area (Å²) in [6, 6.07) is 0. The van der Waals surface area contributed by atoms with Crippen molar-refractivity contribution in [3.05, 3.63) is 23.3 Å². The van der Waals surface area contributed by atoms with E-state index in [-0.39, 0.29) is 0 Å². The van der Waals surface area contributed by atoms with Crippen LogP contribution >= 0.6 is 0 Å². The zero-order valence-corrected chi connectivity index (χ0v) is 9.41. The Labute approximate surface area is 77.4 Å². The van der Waals surface area contributed by atoms with Gasteiger partial charge in [-0.05, 0) is 38.2 Å². The van der Waals surface area contributed by atoms with Gasteiger partial charge in [-0.15, -0.1) is 0 Å². The van der Waals surface area contributed by atoms with Crippen molar-refractivity contribution in [1.29, 1.82) is 0 Å². The molecule has 12 heavy (non-hydrogen) atoms. The van der Waals surface area contributed by atoms with Gasteiger partial charge in [-0.25, -0.2) is 0 Å². The highest BCUT2D eigenvalue weighted by Gasteiger charge is 2.12. The highest BCUT2D eigenvalue weighted by atomic mass is 14.2. The summed E-state index contributed by atoms with van der Waals surface area (Å²) in [5.74, 6) is 0. The van der Waals surface area contributed by atoms with E-state index in [4.69, 9.17) is 0 Å². The van der Waals surface area contributed by atoms with Gasteiger partial charge in [0, 0.05) is 0 Å². The maximum atomic E-state index is 4.10. The molecule has 0 aromatic carbocycles. The molecule has 0 saturated carbocycles. The first-order valence-electron chi connectivity index (χ1n) is 4.56. The Hall–Kier alpha value is -0.520. The van der Waals surface area contributed by atoms with Crippen molar-refractivity contribution in [2.24, 2.45) is 5.41 Å². The third-order valence-electron chi connectivity index (χ3n) is 2.02. The Morgan fingerprint density at radius 1 is 1.08 bits per heavy atom. The molecule has 0 amide bonds. The second kappa shape index (κ2) is 3.93. The molecule has 0 N–H and O–H groups in total. The van der Waals surface area contributed by atoms with Gasteiger partial charge in [0.1, 0.15) is 0 Å². The van der Waals surface area contributed by atoms with Gasteiger partial charge < -0.3 is 0 Å². The number of hydrogen-bond acceptors (Lipinski definition) is 0. The molecule has 0 aliphatic rings. The fraction of sp³-hybridized carbons (Fsp3) is 0.667. The quantitative estimate of drug-likeness (QED) is 0.535. The Balaban J connectivity index is 4.36. The number of rotatable bonds is 2. The largest absolute Gasteiger partial charge is 0.0955 e. The Bertz CT molecular complexity index is 195. The molecule has 0 aliphatic carbocycles. The monoisotopic (exact) mass is 166 g/mol. The van der Waals surface area contributed by atoms with Crippen LogP contribution in [-0.2, 0) is 0 Å². The summed E-state index contributed by atoms with van der Waals surface area (Å²) in [6.07, 6.45) is 1.09. The molecule has 0 aliphatic heterocycles. The highest BCUT2D eigenvalue weighted by molar-refractivity contribution is 5.30. The third-order valence-corrected chi connectivity index (χ3v) is 2.02. The van der Waals surface area contributed by atoms with Crippen LogP contribution in [0.15, 0.2) is 23.3 Å². The molecule has 0 saturated heterocycles. The fourth-order valence-electron chi connectivity index (χ4n) is 1.13. The van der Waals surface area contributed by atoms with Crippen LogP contribution in [0.25, 0.3) is 0 Å². The van der Waals surface area contributed by atoms with Crippen LogP contribution in [0.4, 0.5) is 0 Å². The van der Waals surface area contributed by atoms with E-state index < -0.39 is 0 Å². The first-order chi connectivity index (χ1) is 5.24. The van der Waals surface area contributed by atoms with Crippen molar-refractivity contribution in [3.8, 4) is 0 Å². The predicted molar refractivity (Wildman–Crippen MR) is 57.3 cm³/mol. The third kappa shape index (κ3) is 4.38. The second-order valence-corrected chi connectivity index (χ2v) is 4.97. The van der Waals surface area contributed by atoms with Gasteiger partial charge in [0.2, 0.25) is 0 Å². The van der Waals surface area contributed by atoms with E-state index in [1.807, 2.05) is 0 Å². The van der Waals surface area contributed by atoms with Crippen LogP contribution < -0.4 is 0 Å². The van der Waals surface area contributed by atoms with Gasteiger partial charge in [-0.1, -0.05) is 38.5 Å². The molecule has 0 aromatic rings.